The van der Waals surface area contributed by atoms with E-state index < -0.39 is 0 Å². The van der Waals surface area contributed by atoms with Crippen LogP contribution < -0.4 is 0 Å². The summed E-state index contributed by atoms with van der Waals surface area (Å²) in [5.41, 5.74) is 1.48. The summed E-state index contributed by atoms with van der Waals surface area (Å²) < 4.78 is 2.44. The van der Waals surface area contributed by atoms with Crippen molar-refractivity contribution in [2.75, 3.05) is 0 Å². The zero-order valence-corrected chi connectivity index (χ0v) is 9.37. The van der Waals surface area contributed by atoms with E-state index in [2.05, 4.69) is 36.9 Å². The molecule has 1 aliphatic rings. The van der Waals surface area contributed by atoms with Gasteiger partial charge < -0.3 is 4.57 Å². The molecule has 1 aromatic heterocycles. The number of nitrogens with zero attached hydrogens (tertiary/aromatic N) is 1. The van der Waals surface area contributed by atoms with Crippen molar-refractivity contribution in [1.29, 1.82) is 0 Å². The summed E-state index contributed by atoms with van der Waals surface area (Å²) >= 11 is 0. The van der Waals surface area contributed by atoms with Crippen molar-refractivity contribution in [3.63, 3.8) is 0 Å². The molecule has 0 saturated heterocycles. The van der Waals surface area contributed by atoms with Crippen LogP contribution in [0.4, 0.5) is 0 Å². The first-order valence-corrected chi connectivity index (χ1v) is 5.95. The highest BCUT2D eigenvalue weighted by Gasteiger charge is 2.15. The maximum atomic E-state index is 2.44. The molecule has 0 aliphatic heterocycles. The van der Waals surface area contributed by atoms with Gasteiger partial charge in [-0.25, -0.2) is 0 Å². The van der Waals surface area contributed by atoms with Gasteiger partial charge in [0.25, 0.3) is 0 Å². The van der Waals surface area contributed by atoms with E-state index in [0.29, 0.717) is 5.92 Å². The Balaban J connectivity index is 2.07. The van der Waals surface area contributed by atoms with Crippen LogP contribution in [0, 0.1) is 0 Å². The third-order valence-electron chi connectivity index (χ3n) is 3.40. The summed E-state index contributed by atoms with van der Waals surface area (Å²) in [5, 5.41) is 0. The van der Waals surface area contributed by atoms with Gasteiger partial charge in [-0.15, -0.1) is 0 Å². The van der Waals surface area contributed by atoms with Gasteiger partial charge in [0.05, 0.1) is 0 Å². The summed E-state index contributed by atoms with van der Waals surface area (Å²) in [4.78, 5) is 0. The van der Waals surface area contributed by atoms with Crippen LogP contribution in [0.5, 0.6) is 0 Å². The van der Waals surface area contributed by atoms with Crippen LogP contribution in [-0.2, 0) is 0 Å². The van der Waals surface area contributed by atoms with Crippen molar-refractivity contribution in [1.82, 2.24) is 4.57 Å². The average Bonchev–Trinajstić information content (AvgIpc) is 2.68. The van der Waals surface area contributed by atoms with Crippen LogP contribution in [0.15, 0.2) is 18.5 Å². The highest BCUT2D eigenvalue weighted by atomic mass is 15.0. The lowest BCUT2D eigenvalue weighted by atomic mass is 9.95. The van der Waals surface area contributed by atoms with Crippen molar-refractivity contribution in [2.45, 2.75) is 57.9 Å². The van der Waals surface area contributed by atoms with Gasteiger partial charge in [-0.3, -0.25) is 0 Å². The first-order chi connectivity index (χ1) is 6.77. The molecule has 0 radical (unpaired) electrons. The molecule has 1 heterocycles. The Labute approximate surface area is 87.1 Å². The molecule has 0 unspecified atom stereocenters. The molecule has 14 heavy (non-hydrogen) atoms. The number of hydrogen-bond acceptors (Lipinski definition) is 0. The van der Waals surface area contributed by atoms with E-state index in [9.17, 15) is 0 Å². The fourth-order valence-corrected chi connectivity index (χ4v) is 2.38. The second kappa shape index (κ2) is 4.20. The molecular weight excluding hydrogens is 170 g/mol. The van der Waals surface area contributed by atoms with E-state index in [1.165, 1.54) is 37.7 Å². The van der Waals surface area contributed by atoms with E-state index in [-0.39, 0.29) is 0 Å². The van der Waals surface area contributed by atoms with Gasteiger partial charge in [0.2, 0.25) is 0 Å². The number of rotatable bonds is 2. The molecule has 1 heteroatoms. The van der Waals surface area contributed by atoms with E-state index in [4.69, 9.17) is 0 Å². The summed E-state index contributed by atoms with van der Waals surface area (Å²) in [7, 11) is 0. The minimum Gasteiger partial charge on any atom is -0.351 e. The quantitative estimate of drug-likeness (QED) is 0.662. The summed E-state index contributed by atoms with van der Waals surface area (Å²) in [6, 6.07) is 3.07. The van der Waals surface area contributed by atoms with Crippen molar-refractivity contribution < 1.29 is 0 Å². The molecule has 1 fully saturated rings. The maximum Gasteiger partial charge on any atom is 0.0330 e. The fourth-order valence-electron chi connectivity index (χ4n) is 2.38. The van der Waals surface area contributed by atoms with Crippen LogP contribution in [0.25, 0.3) is 0 Å². The Morgan fingerprint density at radius 2 is 1.93 bits per heavy atom. The van der Waals surface area contributed by atoms with E-state index in [1.807, 2.05) is 0 Å². The highest BCUT2D eigenvalue weighted by Crippen LogP contribution is 2.29. The zero-order valence-electron chi connectivity index (χ0n) is 9.37. The first kappa shape index (κ1) is 9.82. The molecule has 0 amide bonds. The van der Waals surface area contributed by atoms with Crippen LogP contribution in [0.1, 0.15) is 63.5 Å². The fraction of sp³-hybridized carbons (Fsp3) is 0.692. The molecule has 1 nitrogen and oxygen atoms in total. The lowest BCUT2D eigenvalue weighted by Crippen LogP contribution is -2.10. The predicted molar refractivity (Wildman–Crippen MR) is 60.6 cm³/mol. The van der Waals surface area contributed by atoms with Crippen LogP contribution in [0.2, 0.25) is 0 Å². The normalized spacial score (nSPS) is 19.1. The molecule has 0 aromatic carbocycles. The van der Waals surface area contributed by atoms with Gasteiger partial charge in [0.1, 0.15) is 0 Å². The van der Waals surface area contributed by atoms with Crippen molar-refractivity contribution in [3.05, 3.63) is 24.0 Å². The topological polar surface area (TPSA) is 4.93 Å². The van der Waals surface area contributed by atoms with Crippen LogP contribution in [0.3, 0.4) is 0 Å². The molecule has 0 N–H and O–H groups in total. The SMILES string of the molecule is CC(C)c1ccn(C2CCCCC2)c1. The Hall–Kier alpha value is -0.720. The number of aromatic nitrogens is 1. The molecule has 78 valence electrons. The first-order valence-electron chi connectivity index (χ1n) is 5.95. The third kappa shape index (κ3) is 2.02. The standard InChI is InChI=1S/C13H21N/c1-11(2)12-8-9-14(10-12)13-6-4-3-5-7-13/h8-11,13H,3-7H2,1-2H3. The largest absolute Gasteiger partial charge is 0.351 e. The van der Waals surface area contributed by atoms with Crippen LogP contribution in [-0.4, -0.2) is 4.57 Å². The smallest absolute Gasteiger partial charge is 0.0330 e. The van der Waals surface area contributed by atoms with Gasteiger partial charge in [0, 0.05) is 18.4 Å². The molecule has 1 saturated carbocycles. The zero-order chi connectivity index (χ0) is 9.97. The van der Waals surface area contributed by atoms with Crippen LogP contribution >= 0.6 is 0 Å². The highest BCUT2D eigenvalue weighted by molar-refractivity contribution is 5.15. The molecule has 2 rings (SSSR count). The monoisotopic (exact) mass is 191 g/mol. The molecule has 0 bridgehead atoms. The van der Waals surface area contributed by atoms with E-state index in [1.54, 1.807) is 0 Å². The van der Waals surface area contributed by atoms with E-state index >= 15 is 0 Å². The van der Waals surface area contributed by atoms with Gasteiger partial charge in [-0.2, -0.15) is 0 Å². The van der Waals surface area contributed by atoms with Gasteiger partial charge in [-0.1, -0.05) is 33.1 Å². The lowest BCUT2D eigenvalue weighted by Gasteiger charge is -2.23. The predicted octanol–water partition coefficient (Wildman–Crippen LogP) is 4.12. The summed E-state index contributed by atoms with van der Waals surface area (Å²) in [6.07, 6.45) is 11.7. The van der Waals surface area contributed by atoms with Crippen molar-refractivity contribution in [3.8, 4) is 0 Å². The summed E-state index contributed by atoms with van der Waals surface area (Å²) in [5.74, 6) is 0.667. The second-order valence-corrected chi connectivity index (χ2v) is 4.84. The number of hydrogen-bond donors (Lipinski definition) is 0. The lowest BCUT2D eigenvalue weighted by molar-refractivity contribution is 0.354. The van der Waals surface area contributed by atoms with Gasteiger partial charge in [0.15, 0.2) is 0 Å². The Morgan fingerprint density at radius 1 is 1.21 bits per heavy atom. The molecule has 1 aromatic rings. The van der Waals surface area contributed by atoms with Gasteiger partial charge in [-0.05, 0) is 30.4 Å². The Morgan fingerprint density at radius 3 is 2.50 bits per heavy atom. The van der Waals surface area contributed by atoms with Crippen molar-refractivity contribution >= 4 is 0 Å². The third-order valence-corrected chi connectivity index (χ3v) is 3.40. The second-order valence-electron chi connectivity index (χ2n) is 4.84. The molecule has 1 aliphatic carbocycles. The molecule has 0 atom stereocenters. The molecule has 0 spiro atoms. The van der Waals surface area contributed by atoms with E-state index in [0.717, 1.165) is 6.04 Å². The Bertz CT molecular complexity index is 279. The van der Waals surface area contributed by atoms with Gasteiger partial charge >= 0.3 is 0 Å². The average molecular weight is 191 g/mol. The molecular formula is C13H21N. The maximum absolute atomic E-state index is 2.44. The minimum atomic E-state index is 0.667. The Kier molecular flexibility index (Phi) is 2.95. The van der Waals surface area contributed by atoms with Crippen molar-refractivity contribution in [2.24, 2.45) is 0 Å². The summed E-state index contributed by atoms with van der Waals surface area (Å²) in [6.45, 7) is 4.53. The minimum absolute atomic E-state index is 0.667.